The van der Waals surface area contributed by atoms with Crippen LogP contribution in [0.25, 0.3) is 0 Å². The van der Waals surface area contributed by atoms with E-state index in [4.69, 9.17) is 4.74 Å². The first-order chi connectivity index (χ1) is 14.1. The molecule has 0 aliphatic rings. The van der Waals surface area contributed by atoms with Crippen LogP contribution in [0.2, 0.25) is 0 Å². The van der Waals surface area contributed by atoms with Crippen molar-refractivity contribution >= 4 is 17.4 Å². The molecule has 0 unspecified atom stereocenters. The Bertz CT molecular complexity index is 960. The van der Waals surface area contributed by atoms with Crippen molar-refractivity contribution in [1.82, 2.24) is 9.55 Å². The third kappa shape index (κ3) is 5.31. The molecule has 3 aromatic rings. The van der Waals surface area contributed by atoms with Crippen molar-refractivity contribution in [2.75, 3.05) is 11.9 Å². The Labute approximate surface area is 170 Å². The lowest BCUT2D eigenvalue weighted by atomic mass is 10.1. The molecule has 6 heteroatoms. The summed E-state index contributed by atoms with van der Waals surface area (Å²) in [5.74, 6) is 0.754. The molecule has 1 amide bonds. The molecule has 0 saturated carbocycles. The number of imidazole rings is 1. The van der Waals surface area contributed by atoms with Gasteiger partial charge in [0.1, 0.15) is 5.75 Å². The number of benzene rings is 2. The molecule has 0 atom stereocenters. The van der Waals surface area contributed by atoms with Crippen LogP contribution in [-0.4, -0.2) is 27.8 Å². The molecule has 0 radical (unpaired) electrons. The van der Waals surface area contributed by atoms with Gasteiger partial charge in [-0.1, -0.05) is 19.8 Å². The minimum atomic E-state index is -0.217. The molecule has 3 rings (SSSR count). The van der Waals surface area contributed by atoms with E-state index in [9.17, 15) is 9.59 Å². The van der Waals surface area contributed by atoms with Gasteiger partial charge in [0.15, 0.2) is 5.82 Å². The first kappa shape index (κ1) is 20.3. The van der Waals surface area contributed by atoms with Crippen LogP contribution in [0.15, 0.2) is 60.9 Å². The van der Waals surface area contributed by atoms with Crippen LogP contribution in [0.5, 0.6) is 5.75 Å². The molecule has 0 saturated heterocycles. The zero-order valence-corrected chi connectivity index (χ0v) is 16.7. The molecule has 29 heavy (non-hydrogen) atoms. The summed E-state index contributed by atoms with van der Waals surface area (Å²) in [7, 11) is 1.77. The van der Waals surface area contributed by atoms with E-state index in [0.29, 0.717) is 29.2 Å². The molecular weight excluding hydrogens is 366 g/mol. The van der Waals surface area contributed by atoms with Crippen LogP contribution in [0, 0.1) is 0 Å². The molecular formula is C23H25N3O3. The van der Waals surface area contributed by atoms with Gasteiger partial charge in [0.2, 0.25) is 5.78 Å². The maximum Gasteiger partial charge on any atom is 0.255 e. The fourth-order valence-electron chi connectivity index (χ4n) is 2.87. The summed E-state index contributed by atoms with van der Waals surface area (Å²) in [6, 6.07) is 13.9. The van der Waals surface area contributed by atoms with Gasteiger partial charge in [-0.05, 0) is 55.0 Å². The van der Waals surface area contributed by atoms with Crippen molar-refractivity contribution in [3.8, 4) is 5.75 Å². The highest BCUT2D eigenvalue weighted by molar-refractivity contribution is 6.07. The molecule has 1 heterocycles. The smallest absolute Gasteiger partial charge is 0.255 e. The summed E-state index contributed by atoms with van der Waals surface area (Å²) in [5.41, 5.74) is 1.67. The number of amides is 1. The predicted octanol–water partition coefficient (Wildman–Crippen LogP) is 4.47. The van der Waals surface area contributed by atoms with Crippen molar-refractivity contribution in [2.24, 2.45) is 7.05 Å². The molecule has 0 aliphatic carbocycles. The van der Waals surface area contributed by atoms with Gasteiger partial charge >= 0.3 is 0 Å². The standard InChI is InChI=1S/C23H25N3O3/c1-3-4-5-16-29-20-12-8-18(9-13-20)23(28)25-19-10-6-17(7-11-19)21(27)22-24-14-15-26(22)2/h6-15H,3-5,16H2,1-2H3,(H,25,28). The highest BCUT2D eigenvalue weighted by Gasteiger charge is 2.14. The number of ketones is 1. The molecule has 0 spiro atoms. The van der Waals surface area contributed by atoms with Crippen molar-refractivity contribution in [3.63, 3.8) is 0 Å². The minimum absolute atomic E-state index is 0.162. The van der Waals surface area contributed by atoms with E-state index < -0.39 is 0 Å². The first-order valence-electron chi connectivity index (χ1n) is 9.75. The number of carbonyl (C=O) groups is 2. The van der Waals surface area contributed by atoms with Gasteiger partial charge in [-0.25, -0.2) is 4.98 Å². The van der Waals surface area contributed by atoms with Gasteiger partial charge in [0.05, 0.1) is 6.61 Å². The normalized spacial score (nSPS) is 10.6. The molecule has 0 bridgehead atoms. The summed E-state index contributed by atoms with van der Waals surface area (Å²) in [5, 5.41) is 2.84. The summed E-state index contributed by atoms with van der Waals surface area (Å²) in [6.07, 6.45) is 6.64. The van der Waals surface area contributed by atoms with Crippen LogP contribution in [0.1, 0.15) is 52.7 Å². The van der Waals surface area contributed by atoms with E-state index >= 15 is 0 Å². The van der Waals surface area contributed by atoms with E-state index in [0.717, 1.165) is 25.0 Å². The Morgan fingerprint density at radius 2 is 1.69 bits per heavy atom. The number of rotatable bonds is 9. The first-order valence-corrected chi connectivity index (χ1v) is 9.75. The van der Waals surface area contributed by atoms with Gasteiger partial charge < -0.3 is 14.6 Å². The highest BCUT2D eigenvalue weighted by atomic mass is 16.5. The van der Waals surface area contributed by atoms with Gasteiger partial charge in [0.25, 0.3) is 5.91 Å². The molecule has 0 fully saturated rings. The number of ether oxygens (including phenoxy) is 1. The van der Waals surface area contributed by atoms with Crippen LogP contribution in [-0.2, 0) is 7.05 Å². The molecule has 150 valence electrons. The Hall–Kier alpha value is -3.41. The number of hydrogen-bond donors (Lipinski definition) is 1. The van der Waals surface area contributed by atoms with Gasteiger partial charge in [0, 0.05) is 36.3 Å². The second-order valence-electron chi connectivity index (χ2n) is 6.80. The monoisotopic (exact) mass is 391 g/mol. The van der Waals surface area contributed by atoms with E-state index in [1.54, 1.807) is 72.5 Å². The second kappa shape index (κ2) is 9.68. The Balaban J connectivity index is 1.58. The molecule has 2 aromatic carbocycles. The lowest BCUT2D eigenvalue weighted by molar-refractivity contribution is 0.102. The summed E-state index contributed by atoms with van der Waals surface area (Å²) < 4.78 is 7.34. The number of nitrogens with one attached hydrogen (secondary N) is 1. The van der Waals surface area contributed by atoms with E-state index in [2.05, 4.69) is 17.2 Å². The SMILES string of the molecule is CCCCCOc1ccc(C(=O)Nc2ccc(C(=O)c3nccn3C)cc2)cc1. The van der Waals surface area contributed by atoms with Crippen molar-refractivity contribution < 1.29 is 14.3 Å². The zero-order valence-electron chi connectivity index (χ0n) is 16.7. The number of aryl methyl sites for hydroxylation is 1. The lowest BCUT2D eigenvalue weighted by Gasteiger charge is -2.08. The van der Waals surface area contributed by atoms with E-state index in [-0.39, 0.29) is 11.7 Å². The third-order valence-corrected chi connectivity index (χ3v) is 4.56. The summed E-state index contributed by atoms with van der Waals surface area (Å²) in [6.45, 7) is 2.84. The number of unbranched alkanes of at least 4 members (excludes halogenated alkanes) is 2. The zero-order chi connectivity index (χ0) is 20.6. The van der Waals surface area contributed by atoms with Gasteiger partial charge in [-0.2, -0.15) is 0 Å². The Morgan fingerprint density at radius 3 is 2.31 bits per heavy atom. The number of carbonyl (C=O) groups excluding carboxylic acids is 2. The summed E-state index contributed by atoms with van der Waals surface area (Å²) in [4.78, 5) is 29.0. The lowest BCUT2D eigenvalue weighted by Crippen LogP contribution is -2.12. The molecule has 1 N–H and O–H groups in total. The number of hydrogen-bond acceptors (Lipinski definition) is 4. The third-order valence-electron chi connectivity index (χ3n) is 4.56. The van der Waals surface area contributed by atoms with Crippen LogP contribution in [0.4, 0.5) is 5.69 Å². The van der Waals surface area contributed by atoms with E-state index in [1.807, 2.05) is 0 Å². The average molecular weight is 391 g/mol. The molecule has 6 nitrogen and oxygen atoms in total. The number of aromatic nitrogens is 2. The minimum Gasteiger partial charge on any atom is -0.494 e. The van der Waals surface area contributed by atoms with Crippen LogP contribution < -0.4 is 10.1 Å². The maximum atomic E-state index is 12.4. The fraction of sp³-hybridized carbons (Fsp3) is 0.261. The van der Waals surface area contributed by atoms with Gasteiger partial charge in [-0.15, -0.1) is 0 Å². The quantitative estimate of drug-likeness (QED) is 0.431. The Kier molecular flexibility index (Phi) is 6.79. The summed E-state index contributed by atoms with van der Waals surface area (Å²) >= 11 is 0. The second-order valence-corrected chi connectivity index (χ2v) is 6.80. The topological polar surface area (TPSA) is 73.2 Å². The fourth-order valence-corrected chi connectivity index (χ4v) is 2.87. The predicted molar refractivity (Wildman–Crippen MR) is 112 cm³/mol. The highest BCUT2D eigenvalue weighted by Crippen LogP contribution is 2.16. The largest absolute Gasteiger partial charge is 0.494 e. The number of nitrogens with zero attached hydrogens (tertiary/aromatic N) is 2. The van der Waals surface area contributed by atoms with Gasteiger partial charge in [-0.3, -0.25) is 9.59 Å². The van der Waals surface area contributed by atoms with Crippen LogP contribution in [0.3, 0.4) is 0 Å². The van der Waals surface area contributed by atoms with E-state index in [1.165, 1.54) is 0 Å². The molecule has 1 aromatic heterocycles. The Morgan fingerprint density at radius 1 is 1.00 bits per heavy atom. The van der Waals surface area contributed by atoms with Crippen molar-refractivity contribution in [1.29, 1.82) is 0 Å². The molecule has 0 aliphatic heterocycles. The van der Waals surface area contributed by atoms with Crippen molar-refractivity contribution in [2.45, 2.75) is 26.2 Å². The number of anilines is 1. The maximum absolute atomic E-state index is 12.4. The average Bonchev–Trinajstić information content (AvgIpc) is 3.17. The van der Waals surface area contributed by atoms with Crippen LogP contribution >= 0.6 is 0 Å². The van der Waals surface area contributed by atoms with Crippen molar-refractivity contribution in [3.05, 3.63) is 77.9 Å².